The molecule has 0 saturated heterocycles. The van der Waals surface area contributed by atoms with Gasteiger partial charge in [-0.25, -0.2) is 0 Å². The summed E-state index contributed by atoms with van der Waals surface area (Å²) >= 11 is 3.97. The second-order valence-corrected chi connectivity index (χ2v) is 9.53. The highest BCUT2D eigenvalue weighted by Crippen LogP contribution is 2.33. The van der Waals surface area contributed by atoms with Crippen molar-refractivity contribution in [2.45, 2.75) is 6.18 Å². The van der Waals surface area contributed by atoms with E-state index in [1.54, 1.807) is 6.07 Å². The number of rotatable bonds is 1. The molecule has 27 heavy (non-hydrogen) atoms. The summed E-state index contributed by atoms with van der Waals surface area (Å²) in [5.74, 6) is 0. The Hall–Kier alpha value is -2.15. The number of alkyl halides is 3. The van der Waals surface area contributed by atoms with Gasteiger partial charge in [-0.1, -0.05) is 45.3 Å². The van der Waals surface area contributed by atoms with Crippen LogP contribution in [0.2, 0.25) is 0 Å². The van der Waals surface area contributed by atoms with Crippen LogP contribution >= 0.6 is 45.3 Å². The smallest absolute Gasteiger partial charge is 0.265 e. The van der Waals surface area contributed by atoms with Crippen molar-refractivity contribution in [1.29, 1.82) is 0 Å². The van der Waals surface area contributed by atoms with Crippen LogP contribution in [0.4, 0.5) is 18.9 Å². The molecule has 140 valence electrons. The molecule has 0 amide bonds. The molecule has 2 heterocycles. The molecule has 4 aromatic rings. The van der Waals surface area contributed by atoms with Crippen molar-refractivity contribution in [2.24, 2.45) is 0 Å². The Labute approximate surface area is 163 Å². The first-order chi connectivity index (χ1) is 12.6. The minimum absolute atomic E-state index is 0.0292. The van der Waals surface area contributed by atoms with Crippen LogP contribution < -0.4 is 8.11 Å². The van der Waals surface area contributed by atoms with Gasteiger partial charge in [-0.05, 0) is 24.3 Å². The topological polar surface area (TPSA) is 77.3 Å². The Morgan fingerprint density at radius 3 is 1.78 bits per heavy atom. The predicted molar refractivity (Wildman–Crippen MR) is 104 cm³/mol. The molecule has 12 heteroatoms. The molecule has 0 unspecified atom stereocenters. The molecular weight excluding hydrogens is 443 g/mol. The lowest BCUT2D eigenvalue weighted by molar-refractivity contribution is -0.384. The maximum atomic E-state index is 12.3. The minimum Gasteiger partial charge on any atom is -0.265 e. The van der Waals surface area contributed by atoms with Crippen LogP contribution in [-0.4, -0.2) is 4.92 Å². The van der Waals surface area contributed by atoms with Gasteiger partial charge in [0.15, 0.2) is 0 Å². The largest absolute Gasteiger partial charge is 0.416 e. The monoisotopic (exact) mass is 449 g/mol. The van der Waals surface area contributed by atoms with Crippen LogP contribution in [0.25, 0.3) is 18.8 Å². The molecule has 0 bridgehead atoms. The third kappa shape index (κ3) is 4.58. The van der Waals surface area contributed by atoms with Gasteiger partial charge >= 0.3 is 6.18 Å². The van der Waals surface area contributed by atoms with Crippen LogP contribution in [0.15, 0.2) is 46.0 Å². The highest BCUT2D eigenvalue weighted by atomic mass is 32.2. The number of halogens is 3. The average Bonchev–Trinajstić information content (AvgIpc) is 3.13. The predicted octanol–water partition coefficient (Wildman–Crippen LogP) is 5.57. The summed E-state index contributed by atoms with van der Waals surface area (Å²) in [5.41, 5.74) is -0.680. The number of non-ortho nitro benzene ring substituents is 1. The summed E-state index contributed by atoms with van der Waals surface area (Å²) in [5, 5.41) is 10.4. The van der Waals surface area contributed by atoms with Crippen molar-refractivity contribution in [3.63, 3.8) is 0 Å². The normalized spacial score (nSPS) is 11.4. The van der Waals surface area contributed by atoms with Gasteiger partial charge in [0.2, 0.25) is 0 Å². The fraction of sp³-hybridized carbons (Fsp3) is 0.0667. The maximum Gasteiger partial charge on any atom is 0.416 e. The zero-order valence-corrected chi connectivity index (χ0v) is 16.1. The Morgan fingerprint density at radius 1 is 0.778 bits per heavy atom. The van der Waals surface area contributed by atoms with E-state index in [0.29, 0.717) is 14.1 Å². The summed E-state index contributed by atoms with van der Waals surface area (Å²) in [6.07, 6.45) is -4.34. The number of fused-ring (bicyclic) bond motifs is 2. The molecule has 0 atom stereocenters. The molecule has 0 N–H and O–H groups in total. The molecule has 0 spiro atoms. The van der Waals surface area contributed by atoms with Crippen molar-refractivity contribution >= 4 is 69.8 Å². The van der Waals surface area contributed by atoms with E-state index < -0.39 is 16.7 Å². The molecule has 2 aromatic heterocycles. The third-order valence-electron chi connectivity index (χ3n) is 3.18. The van der Waals surface area contributed by atoms with E-state index in [2.05, 4.69) is 0 Å². The van der Waals surface area contributed by atoms with Gasteiger partial charge in [-0.3, -0.25) is 19.7 Å². The summed E-state index contributed by atoms with van der Waals surface area (Å²) in [6.45, 7) is 0. The molecule has 2 aromatic carbocycles. The van der Waals surface area contributed by atoms with Crippen molar-refractivity contribution in [1.82, 2.24) is 0 Å². The van der Waals surface area contributed by atoms with Gasteiger partial charge in [0.05, 0.1) is 15.2 Å². The Morgan fingerprint density at radius 2 is 1.26 bits per heavy atom. The van der Waals surface area contributed by atoms with Gasteiger partial charge in [-0.15, -0.1) is 0 Å². The molecule has 0 saturated carbocycles. The van der Waals surface area contributed by atoms with Gasteiger partial charge in [-0.2, -0.15) is 13.2 Å². The van der Waals surface area contributed by atoms with E-state index in [9.17, 15) is 32.9 Å². The Balaban J connectivity index is 0.000000156. The number of hydrogen-bond acceptors (Lipinski definition) is 8. The summed E-state index contributed by atoms with van der Waals surface area (Å²) in [4.78, 5) is 31.8. The highest BCUT2D eigenvalue weighted by Gasteiger charge is 2.30. The van der Waals surface area contributed by atoms with Crippen molar-refractivity contribution < 1.29 is 18.1 Å². The summed E-state index contributed by atoms with van der Waals surface area (Å²) < 4.78 is 39.0. The third-order valence-corrected chi connectivity index (χ3v) is 7.37. The van der Waals surface area contributed by atoms with Gasteiger partial charge < -0.3 is 0 Å². The number of nitro benzene ring substituents is 1. The maximum absolute atomic E-state index is 12.3. The van der Waals surface area contributed by atoms with Crippen LogP contribution in [0.1, 0.15) is 5.56 Å². The fourth-order valence-electron chi connectivity index (χ4n) is 2.02. The second kappa shape index (κ2) is 7.46. The zero-order chi connectivity index (χ0) is 19.8. The SMILES string of the molecule is O=c1sc2ccc(C(F)(F)F)cc2s1.O=c1sc2ccc([N+](=O)[O-])cc2s1. The van der Waals surface area contributed by atoms with Gasteiger partial charge in [0.1, 0.15) is 0 Å². The van der Waals surface area contributed by atoms with Crippen molar-refractivity contribution in [2.75, 3.05) is 0 Å². The lowest BCUT2D eigenvalue weighted by Gasteiger charge is -2.04. The van der Waals surface area contributed by atoms with E-state index in [-0.39, 0.29) is 13.8 Å². The fourth-order valence-corrected chi connectivity index (χ4v) is 5.95. The molecule has 4 rings (SSSR count). The quantitative estimate of drug-likeness (QED) is 0.281. The second-order valence-electron chi connectivity index (χ2n) is 4.96. The van der Waals surface area contributed by atoms with Crippen LogP contribution in [0.5, 0.6) is 0 Å². The van der Waals surface area contributed by atoms with Crippen LogP contribution in [0.3, 0.4) is 0 Å². The van der Waals surface area contributed by atoms with Crippen LogP contribution in [-0.2, 0) is 6.18 Å². The molecular formula is C15H6F3NO4S4. The molecule has 5 nitrogen and oxygen atoms in total. The van der Waals surface area contributed by atoms with Crippen LogP contribution in [0, 0.1) is 10.1 Å². The number of nitrogens with zero attached hydrogens (tertiary/aromatic N) is 1. The zero-order valence-electron chi connectivity index (χ0n) is 12.8. The van der Waals surface area contributed by atoms with E-state index in [1.165, 1.54) is 18.2 Å². The highest BCUT2D eigenvalue weighted by molar-refractivity contribution is 7.36. The molecule has 0 fully saturated rings. The van der Waals surface area contributed by atoms with E-state index >= 15 is 0 Å². The van der Waals surface area contributed by atoms with E-state index in [1.807, 2.05) is 0 Å². The number of nitro groups is 1. The van der Waals surface area contributed by atoms with Crippen molar-refractivity contribution in [3.8, 4) is 0 Å². The molecule has 0 aliphatic rings. The number of hydrogen-bond donors (Lipinski definition) is 0. The van der Waals surface area contributed by atoms with Gasteiger partial charge in [0.25, 0.3) is 13.8 Å². The number of benzene rings is 2. The average molecular weight is 449 g/mol. The van der Waals surface area contributed by atoms with Gasteiger partial charge in [0, 0.05) is 26.2 Å². The lowest BCUT2D eigenvalue weighted by Crippen LogP contribution is -2.03. The standard InChI is InChI=1S/C8H3F3OS2.C7H3NO3S2/c9-8(10,11)4-1-2-5-6(3-4)14-7(12)13-5;9-7-12-5-2-1-4(8(10)11)3-6(5)13-7/h1-3H;1-3H. The lowest BCUT2D eigenvalue weighted by atomic mass is 10.2. The van der Waals surface area contributed by atoms with E-state index in [0.717, 1.165) is 62.2 Å². The first-order valence-corrected chi connectivity index (χ1v) is 10.2. The Kier molecular flexibility index (Phi) is 5.42. The Bertz CT molecular complexity index is 1250. The molecule has 0 aliphatic heterocycles. The molecule has 0 radical (unpaired) electrons. The first-order valence-electron chi connectivity index (χ1n) is 6.92. The van der Waals surface area contributed by atoms with E-state index in [4.69, 9.17) is 0 Å². The summed E-state index contributed by atoms with van der Waals surface area (Å²) in [7, 11) is 0. The minimum atomic E-state index is -4.34. The summed E-state index contributed by atoms with van der Waals surface area (Å²) in [6, 6.07) is 7.78. The first kappa shape index (κ1) is 19.6. The van der Waals surface area contributed by atoms with Crippen molar-refractivity contribution in [3.05, 3.63) is 69.8 Å². The molecule has 0 aliphatic carbocycles.